The molecule has 0 atom stereocenters. The molecule has 0 spiro atoms. The van der Waals surface area contributed by atoms with E-state index in [-0.39, 0.29) is 11.1 Å². The minimum absolute atomic E-state index is 0.161. The monoisotopic (exact) mass is 165 g/mol. The van der Waals surface area contributed by atoms with Crippen LogP contribution in [0.3, 0.4) is 0 Å². The van der Waals surface area contributed by atoms with Gasteiger partial charge >= 0.3 is 0 Å². The molecular formula is C8H4FNO2. The maximum absolute atomic E-state index is 12.8. The summed E-state index contributed by atoms with van der Waals surface area (Å²) in [6, 6.07) is 3.86. The van der Waals surface area contributed by atoms with Crippen molar-refractivity contribution in [2.24, 2.45) is 0 Å². The number of benzene rings is 1. The van der Waals surface area contributed by atoms with Crippen LogP contribution in [-0.2, 0) is 0 Å². The number of nitrogens with zero attached hydrogens (tertiary/aromatic N) is 1. The number of carbonyl (C=O) groups excluding carboxylic acids is 1. The van der Waals surface area contributed by atoms with Gasteiger partial charge in [-0.2, -0.15) is 5.26 Å². The van der Waals surface area contributed by atoms with E-state index in [1.807, 2.05) is 0 Å². The van der Waals surface area contributed by atoms with E-state index in [1.165, 1.54) is 12.1 Å². The number of aromatic hydroxyl groups is 1. The Hall–Kier alpha value is -1.89. The smallest absolute Gasteiger partial charge is 0.183 e. The van der Waals surface area contributed by atoms with Gasteiger partial charge in [-0.05, 0) is 12.1 Å². The van der Waals surface area contributed by atoms with Crippen LogP contribution in [0.1, 0.15) is 15.9 Å². The minimum Gasteiger partial charge on any atom is -0.504 e. The first-order chi connectivity index (χ1) is 5.70. The molecule has 1 N–H and O–H groups in total. The van der Waals surface area contributed by atoms with Crippen molar-refractivity contribution in [1.82, 2.24) is 0 Å². The van der Waals surface area contributed by atoms with Gasteiger partial charge in [-0.3, -0.25) is 4.79 Å². The predicted molar refractivity (Wildman–Crippen MR) is 38.2 cm³/mol. The van der Waals surface area contributed by atoms with Gasteiger partial charge in [0.2, 0.25) is 0 Å². The van der Waals surface area contributed by atoms with Gasteiger partial charge in [-0.15, -0.1) is 0 Å². The van der Waals surface area contributed by atoms with Crippen molar-refractivity contribution in [1.29, 1.82) is 5.26 Å². The normalized spacial score (nSPS) is 9.00. The molecule has 4 heteroatoms. The summed E-state index contributed by atoms with van der Waals surface area (Å²) in [7, 11) is 0. The second-order valence-electron chi connectivity index (χ2n) is 2.09. The van der Waals surface area contributed by atoms with E-state index < -0.39 is 11.6 Å². The van der Waals surface area contributed by atoms with Crippen LogP contribution in [0.15, 0.2) is 12.1 Å². The molecule has 0 bridgehead atoms. The maximum atomic E-state index is 12.8. The van der Waals surface area contributed by atoms with Gasteiger partial charge in [-0.1, -0.05) is 0 Å². The van der Waals surface area contributed by atoms with Crippen molar-refractivity contribution < 1.29 is 14.3 Å². The number of halogens is 1. The highest BCUT2D eigenvalue weighted by Crippen LogP contribution is 2.22. The van der Waals surface area contributed by atoms with E-state index in [2.05, 4.69) is 0 Å². The number of phenolic OH excluding ortho intramolecular Hbond substituents is 1. The SMILES string of the molecule is N#Cc1ccc(C=O)c(O)c1F. The van der Waals surface area contributed by atoms with E-state index >= 15 is 0 Å². The van der Waals surface area contributed by atoms with Crippen LogP contribution in [0.4, 0.5) is 4.39 Å². The van der Waals surface area contributed by atoms with E-state index in [1.54, 1.807) is 0 Å². The number of hydrogen-bond acceptors (Lipinski definition) is 3. The topological polar surface area (TPSA) is 61.1 Å². The fraction of sp³-hybridized carbons (Fsp3) is 0. The van der Waals surface area contributed by atoms with Gasteiger partial charge in [0, 0.05) is 0 Å². The Morgan fingerprint density at radius 1 is 1.58 bits per heavy atom. The number of nitriles is 1. The fourth-order valence-corrected chi connectivity index (χ4v) is 0.761. The van der Waals surface area contributed by atoms with Gasteiger partial charge in [0.15, 0.2) is 17.9 Å². The van der Waals surface area contributed by atoms with Gasteiger partial charge < -0.3 is 5.11 Å². The first-order valence-electron chi connectivity index (χ1n) is 3.07. The molecule has 0 heterocycles. The molecule has 0 aliphatic carbocycles. The molecule has 0 aliphatic rings. The Labute approximate surface area is 67.7 Å². The Morgan fingerprint density at radius 2 is 2.25 bits per heavy atom. The molecule has 0 radical (unpaired) electrons. The molecule has 0 aliphatic heterocycles. The maximum Gasteiger partial charge on any atom is 0.183 e. The largest absolute Gasteiger partial charge is 0.504 e. The average Bonchev–Trinajstić information content (AvgIpc) is 2.10. The van der Waals surface area contributed by atoms with E-state index in [0.717, 1.165) is 6.07 Å². The number of aldehydes is 1. The highest BCUT2D eigenvalue weighted by molar-refractivity contribution is 5.79. The molecule has 1 aromatic carbocycles. The van der Waals surface area contributed by atoms with Crippen molar-refractivity contribution in [2.75, 3.05) is 0 Å². The number of hydrogen-bond donors (Lipinski definition) is 1. The Kier molecular flexibility index (Phi) is 2.06. The first-order valence-corrected chi connectivity index (χ1v) is 3.07. The van der Waals surface area contributed by atoms with E-state index in [0.29, 0.717) is 6.29 Å². The van der Waals surface area contributed by atoms with Crippen molar-refractivity contribution in [2.45, 2.75) is 0 Å². The quantitative estimate of drug-likeness (QED) is 0.636. The van der Waals surface area contributed by atoms with Crippen LogP contribution in [0.2, 0.25) is 0 Å². The number of carbonyl (C=O) groups is 1. The second kappa shape index (κ2) is 3.01. The summed E-state index contributed by atoms with van der Waals surface area (Å²) < 4.78 is 12.8. The van der Waals surface area contributed by atoms with Crippen molar-refractivity contribution in [3.63, 3.8) is 0 Å². The summed E-state index contributed by atoms with van der Waals surface area (Å²) in [5, 5.41) is 17.3. The summed E-state index contributed by atoms with van der Waals surface area (Å²) >= 11 is 0. The zero-order valence-corrected chi connectivity index (χ0v) is 5.91. The third-order valence-corrected chi connectivity index (χ3v) is 1.39. The van der Waals surface area contributed by atoms with Crippen LogP contribution in [0.5, 0.6) is 5.75 Å². The van der Waals surface area contributed by atoms with Crippen LogP contribution in [0.25, 0.3) is 0 Å². The van der Waals surface area contributed by atoms with Crippen LogP contribution < -0.4 is 0 Å². The molecule has 0 saturated heterocycles. The van der Waals surface area contributed by atoms with Crippen molar-refractivity contribution in [3.05, 3.63) is 29.1 Å². The zero-order valence-electron chi connectivity index (χ0n) is 5.91. The molecule has 0 fully saturated rings. The number of rotatable bonds is 1. The molecule has 0 aromatic heterocycles. The highest BCUT2D eigenvalue weighted by Gasteiger charge is 2.10. The van der Waals surface area contributed by atoms with Crippen LogP contribution >= 0.6 is 0 Å². The van der Waals surface area contributed by atoms with Gasteiger partial charge in [0.25, 0.3) is 0 Å². The lowest BCUT2D eigenvalue weighted by Crippen LogP contribution is -1.89. The molecule has 12 heavy (non-hydrogen) atoms. The molecule has 0 amide bonds. The summed E-state index contributed by atoms with van der Waals surface area (Å²) in [6.07, 6.45) is 0.319. The fourth-order valence-electron chi connectivity index (χ4n) is 0.761. The molecule has 0 saturated carbocycles. The third-order valence-electron chi connectivity index (χ3n) is 1.39. The lowest BCUT2D eigenvalue weighted by molar-refractivity contribution is 0.112. The van der Waals surface area contributed by atoms with Gasteiger partial charge in [0.05, 0.1) is 11.1 Å². The molecule has 60 valence electrons. The lowest BCUT2D eigenvalue weighted by atomic mass is 10.1. The highest BCUT2D eigenvalue weighted by atomic mass is 19.1. The van der Waals surface area contributed by atoms with Crippen molar-refractivity contribution >= 4 is 6.29 Å². The summed E-state index contributed by atoms with van der Waals surface area (Å²) in [4.78, 5) is 10.2. The Balaban J connectivity index is 3.41. The van der Waals surface area contributed by atoms with E-state index in [4.69, 9.17) is 10.4 Å². The van der Waals surface area contributed by atoms with Gasteiger partial charge in [-0.25, -0.2) is 4.39 Å². The van der Waals surface area contributed by atoms with E-state index in [9.17, 15) is 9.18 Å². The second-order valence-corrected chi connectivity index (χ2v) is 2.09. The molecule has 0 unspecified atom stereocenters. The van der Waals surface area contributed by atoms with Crippen molar-refractivity contribution in [3.8, 4) is 11.8 Å². The summed E-state index contributed by atoms with van der Waals surface area (Å²) in [5.74, 6) is -1.83. The predicted octanol–water partition coefficient (Wildman–Crippen LogP) is 1.22. The lowest BCUT2D eigenvalue weighted by Gasteiger charge is -1.98. The summed E-state index contributed by atoms with van der Waals surface area (Å²) in [6.45, 7) is 0. The standard InChI is InChI=1S/C8H4FNO2/c9-7-5(3-10)1-2-6(4-11)8(7)12/h1-2,4,12H. The molecule has 1 rings (SSSR count). The summed E-state index contributed by atoms with van der Waals surface area (Å²) in [5.41, 5.74) is -0.440. The van der Waals surface area contributed by atoms with Crippen LogP contribution in [0, 0.1) is 17.1 Å². The first kappa shape index (κ1) is 8.21. The molecule has 3 nitrogen and oxygen atoms in total. The Morgan fingerprint density at radius 3 is 2.75 bits per heavy atom. The van der Waals surface area contributed by atoms with Crippen LogP contribution in [-0.4, -0.2) is 11.4 Å². The average molecular weight is 165 g/mol. The van der Waals surface area contributed by atoms with Gasteiger partial charge in [0.1, 0.15) is 6.07 Å². The minimum atomic E-state index is -1.05. The zero-order chi connectivity index (χ0) is 9.14. The Bertz CT molecular complexity index is 368. The third kappa shape index (κ3) is 1.12. The molecule has 1 aromatic rings. The molecular weight excluding hydrogens is 161 g/mol. The number of phenols is 1.